The molecule has 0 saturated carbocycles. The van der Waals surface area contributed by atoms with Gasteiger partial charge in [0, 0.05) is 6.42 Å². The highest BCUT2D eigenvalue weighted by atomic mass is 35.5. The second kappa shape index (κ2) is 5.85. The first kappa shape index (κ1) is 12.7. The quantitative estimate of drug-likeness (QED) is 0.503. The largest absolute Gasteiger partial charge is 0.475 e. The van der Waals surface area contributed by atoms with Crippen LogP contribution in [0.3, 0.4) is 0 Å². The van der Waals surface area contributed by atoms with E-state index in [1.165, 1.54) is 0 Å². The highest BCUT2D eigenvalue weighted by Crippen LogP contribution is 1.90. The number of carbonyl (C=O) groups is 3. The number of ketones is 2. The molecule has 0 unspecified atom stereocenters. The second-order valence-corrected chi connectivity index (χ2v) is 1.81. The van der Waals surface area contributed by atoms with Crippen molar-refractivity contribution in [2.24, 2.45) is 0 Å². The van der Waals surface area contributed by atoms with Crippen LogP contribution in [0.1, 0.15) is 19.8 Å². The van der Waals surface area contributed by atoms with Gasteiger partial charge in [-0.25, -0.2) is 4.79 Å². The molecule has 0 radical (unpaired) electrons. The van der Waals surface area contributed by atoms with Gasteiger partial charge in [-0.3, -0.25) is 9.59 Å². The molecule has 11 heavy (non-hydrogen) atoms. The Morgan fingerprint density at radius 3 is 2.00 bits per heavy atom. The van der Waals surface area contributed by atoms with Gasteiger partial charge in [0.25, 0.3) is 0 Å². The Morgan fingerprint density at radius 2 is 1.73 bits per heavy atom. The van der Waals surface area contributed by atoms with Crippen LogP contribution in [0.15, 0.2) is 0 Å². The number of halogens is 1. The van der Waals surface area contributed by atoms with Crippen LogP contribution in [-0.4, -0.2) is 22.6 Å². The highest BCUT2D eigenvalue weighted by Gasteiger charge is 2.19. The van der Waals surface area contributed by atoms with Crippen molar-refractivity contribution in [3.8, 4) is 0 Å². The number of rotatable bonds is 4. The first-order valence-corrected chi connectivity index (χ1v) is 2.90. The van der Waals surface area contributed by atoms with Gasteiger partial charge >= 0.3 is 11.8 Å². The number of carbonyl (C=O) groups excluding carboxylic acids is 2. The molecule has 0 aliphatic heterocycles. The van der Waals surface area contributed by atoms with Crippen LogP contribution in [0, 0.1) is 0 Å². The lowest BCUT2D eigenvalue weighted by Crippen LogP contribution is -2.22. The first-order valence-electron chi connectivity index (χ1n) is 2.90. The lowest BCUT2D eigenvalue weighted by atomic mass is 10.2. The summed E-state index contributed by atoms with van der Waals surface area (Å²) in [5.41, 5.74) is 0. The molecule has 0 aromatic rings. The van der Waals surface area contributed by atoms with Crippen molar-refractivity contribution < 1.29 is 19.5 Å². The Bertz CT molecular complexity index is 175. The molecule has 1 N–H and O–H groups in total. The molecule has 0 atom stereocenters. The molecule has 0 aromatic heterocycles. The summed E-state index contributed by atoms with van der Waals surface area (Å²) in [6, 6.07) is 0. The van der Waals surface area contributed by atoms with Crippen LogP contribution in [-0.2, 0) is 14.4 Å². The SMILES string of the molecule is CCCC(=O)C(=O)C(=O)O.Cl. The third-order valence-corrected chi connectivity index (χ3v) is 0.925. The Kier molecular flexibility index (Phi) is 6.78. The first-order chi connectivity index (χ1) is 4.59. The molecule has 0 heterocycles. The summed E-state index contributed by atoms with van der Waals surface area (Å²) in [6.45, 7) is 1.70. The minimum absolute atomic E-state index is 0. The average Bonchev–Trinajstić information content (AvgIpc) is 1.87. The van der Waals surface area contributed by atoms with E-state index in [0.29, 0.717) is 6.42 Å². The van der Waals surface area contributed by atoms with Gasteiger partial charge in [-0.05, 0) is 6.42 Å². The fourth-order valence-electron chi connectivity index (χ4n) is 0.460. The Labute approximate surface area is 70.0 Å². The van der Waals surface area contributed by atoms with E-state index in [4.69, 9.17) is 5.11 Å². The minimum atomic E-state index is -1.67. The van der Waals surface area contributed by atoms with Gasteiger partial charge in [0.2, 0.25) is 5.78 Å². The van der Waals surface area contributed by atoms with Crippen LogP contribution in [0.25, 0.3) is 0 Å². The van der Waals surface area contributed by atoms with E-state index in [2.05, 4.69) is 0 Å². The van der Waals surface area contributed by atoms with Crippen LogP contribution in [0.5, 0.6) is 0 Å². The van der Waals surface area contributed by atoms with Crippen molar-refractivity contribution in [3.05, 3.63) is 0 Å². The third kappa shape index (κ3) is 4.50. The summed E-state index contributed by atoms with van der Waals surface area (Å²) >= 11 is 0. The zero-order valence-corrected chi connectivity index (χ0v) is 6.81. The molecule has 4 nitrogen and oxygen atoms in total. The minimum Gasteiger partial charge on any atom is -0.475 e. The van der Waals surface area contributed by atoms with Crippen molar-refractivity contribution >= 4 is 29.9 Å². The predicted molar refractivity (Wildman–Crippen MR) is 39.8 cm³/mol. The maximum atomic E-state index is 10.5. The zero-order chi connectivity index (χ0) is 8.15. The molecule has 0 saturated heterocycles. The number of hydrogen-bond donors (Lipinski definition) is 1. The van der Waals surface area contributed by atoms with Gasteiger partial charge in [-0.15, -0.1) is 12.4 Å². The maximum absolute atomic E-state index is 10.5. The molecule has 0 aromatic carbocycles. The average molecular weight is 181 g/mol. The topological polar surface area (TPSA) is 71.4 Å². The van der Waals surface area contributed by atoms with Crippen LogP contribution < -0.4 is 0 Å². The van der Waals surface area contributed by atoms with E-state index in [-0.39, 0.29) is 18.8 Å². The fraction of sp³-hybridized carbons (Fsp3) is 0.500. The molecule has 0 rings (SSSR count). The summed E-state index contributed by atoms with van der Waals surface area (Å²) in [4.78, 5) is 30.6. The standard InChI is InChI=1S/C6H8O4.ClH/c1-2-3-4(7)5(8)6(9)10;/h2-3H2,1H3,(H,9,10);1H. The van der Waals surface area contributed by atoms with E-state index in [1.54, 1.807) is 6.92 Å². The molecular weight excluding hydrogens is 172 g/mol. The summed E-state index contributed by atoms with van der Waals surface area (Å²) in [6.07, 6.45) is 0.517. The van der Waals surface area contributed by atoms with Gasteiger partial charge in [0.15, 0.2) is 0 Å². The molecule has 0 aliphatic carbocycles. The fourth-order valence-corrected chi connectivity index (χ4v) is 0.460. The lowest BCUT2D eigenvalue weighted by Gasteiger charge is -1.89. The smallest absolute Gasteiger partial charge is 0.380 e. The Balaban J connectivity index is 0. The Morgan fingerprint density at radius 1 is 1.27 bits per heavy atom. The molecule has 0 spiro atoms. The van der Waals surface area contributed by atoms with Crippen molar-refractivity contribution in [2.75, 3.05) is 0 Å². The number of carboxylic acids is 1. The normalized spacial score (nSPS) is 8.09. The molecule has 0 fully saturated rings. The molecule has 5 heteroatoms. The molecule has 0 aliphatic rings. The van der Waals surface area contributed by atoms with Gasteiger partial charge in [0.05, 0.1) is 0 Å². The maximum Gasteiger partial charge on any atom is 0.380 e. The van der Waals surface area contributed by atoms with Crippen molar-refractivity contribution in [1.29, 1.82) is 0 Å². The zero-order valence-electron chi connectivity index (χ0n) is 5.99. The van der Waals surface area contributed by atoms with Crippen molar-refractivity contribution in [3.63, 3.8) is 0 Å². The van der Waals surface area contributed by atoms with Crippen molar-refractivity contribution in [2.45, 2.75) is 19.8 Å². The molecule has 0 bridgehead atoms. The summed E-state index contributed by atoms with van der Waals surface area (Å²) in [5, 5.41) is 8.01. The van der Waals surface area contributed by atoms with E-state index >= 15 is 0 Å². The monoisotopic (exact) mass is 180 g/mol. The summed E-state index contributed by atoms with van der Waals surface area (Å²) < 4.78 is 0. The van der Waals surface area contributed by atoms with Crippen LogP contribution >= 0.6 is 12.4 Å². The van der Waals surface area contributed by atoms with E-state index in [0.717, 1.165) is 0 Å². The number of hydrogen-bond acceptors (Lipinski definition) is 3. The molecule has 0 amide bonds. The van der Waals surface area contributed by atoms with E-state index in [9.17, 15) is 14.4 Å². The molecular formula is C6H9ClO4. The van der Waals surface area contributed by atoms with Crippen LogP contribution in [0.2, 0.25) is 0 Å². The second-order valence-electron chi connectivity index (χ2n) is 1.81. The van der Waals surface area contributed by atoms with E-state index in [1.807, 2.05) is 0 Å². The van der Waals surface area contributed by atoms with Gasteiger partial charge in [0.1, 0.15) is 0 Å². The van der Waals surface area contributed by atoms with Gasteiger partial charge < -0.3 is 5.11 Å². The van der Waals surface area contributed by atoms with Gasteiger partial charge in [-0.1, -0.05) is 6.92 Å². The van der Waals surface area contributed by atoms with Gasteiger partial charge in [-0.2, -0.15) is 0 Å². The summed E-state index contributed by atoms with van der Waals surface area (Å²) in [5.74, 6) is -3.81. The van der Waals surface area contributed by atoms with Crippen molar-refractivity contribution in [1.82, 2.24) is 0 Å². The highest BCUT2D eigenvalue weighted by molar-refractivity contribution is 6.61. The Hall–Kier alpha value is -0.900. The lowest BCUT2D eigenvalue weighted by molar-refractivity contribution is -0.152. The van der Waals surface area contributed by atoms with Crippen LogP contribution in [0.4, 0.5) is 0 Å². The van der Waals surface area contributed by atoms with E-state index < -0.39 is 17.5 Å². The number of carboxylic acid groups (broad SMARTS) is 1. The molecule has 64 valence electrons. The third-order valence-electron chi connectivity index (χ3n) is 0.925. The number of Topliss-reactive ketones (excluding diaryl/α,β-unsaturated/α-hetero) is 2. The summed E-state index contributed by atoms with van der Waals surface area (Å²) in [7, 11) is 0. The number of aliphatic carboxylic acids is 1. The predicted octanol–water partition coefficient (Wildman–Crippen LogP) is 0.431.